The molecule has 0 aliphatic carbocycles. The normalized spacial score (nSPS) is 23.4. The molecule has 80 valence electrons. The third-order valence-corrected chi connectivity index (χ3v) is 9.15. The van der Waals surface area contributed by atoms with E-state index in [1.807, 2.05) is 6.08 Å². The second-order valence-corrected chi connectivity index (χ2v) is 10.7. The maximum absolute atomic E-state index is 11.6. The van der Waals surface area contributed by atoms with Gasteiger partial charge in [-0.2, -0.15) is 0 Å². The van der Waals surface area contributed by atoms with E-state index in [0.29, 0.717) is 18.4 Å². The second-order valence-electron chi connectivity index (χ2n) is 5.58. The van der Waals surface area contributed by atoms with Gasteiger partial charge in [0.2, 0.25) is 5.91 Å². The summed E-state index contributed by atoms with van der Waals surface area (Å²) in [5, 5.41) is 0.227. The fourth-order valence-electron chi connectivity index (χ4n) is 1.72. The highest BCUT2D eigenvalue weighted by Gasteiger charge is 2.50. The van der Waals surface area contributed by atoms with Crippen molar-refractivity contribution in [2.75, 3.05) is 0 Å². The van der Waals surface area contributed by atoms with Crippen LogP contribution in [0.3, 0.4) is 0 Å². The summed E-state index contributed by atoms with van der Waals surface area (Å²) in [6, 6.07) is 0.295. The van der Waals surface area contributed by atoms with Crippen LogP contribution in [-0.2, 0) is 4.79 Å². The first-order valence-electron chi connectivity index (χ1n) is 5.16. The zero-order valence-corrected chi connectivity index (χ0v) is 10.9. The number of amides is 1. The van der Waals surface area contributed by atoms with Crippen LogP contribution < -0.4 is 0 Å². The Morgan fingerprint density at radius 1 is 1.50 bits per heavy atom. The third kappa shape index (κ3) is 1.54. The lowest BCUT2D eigenvalue weighted by Crippen LogP contribution is -2.67. The number of rotatable bonds is 2. The van der Waals surface area contributed by atoms with Gasteiger partial charge in [-0.3, -0.25) is 4.79 Å². The first-order chi connectivity index (χ1) is 6.21. The van der Waals surface area contributed by atoms with Crippen LogP contribution in [0.15, 0.2) is 12.7 Å². The molecule has 1 amide bonds. The van der Waals surface area contributed by atoms with E-state index in [-0.39, 0.29) is 5.04 Å². The van der Waals surface area contributed by atoms with E-state index in [9.17, 15) is 4.79 Å². The van der Waals surface area contributed by atoms with Gasteiger partial charge < -0.3 is 4.57 Å². The van der Waals surface area contributed by atoms with Crippen molar-refractivity contribution >= 4 is 14.1 Å². The summed E-state index contributed by atoms with van der Waals surface area (Å²) >= 11 is 0. The van der Waals surface area contributed by atoms with Crippen LogP contribution in [0.25, 0.3) is 0 Å². The molecule has 0 bridgehead atoms. The molecule has 3 heteroatoms. The number of nitrogens with zero attached hydrogens (tertiary/aromatic N) is 1. The lowest BCUT2D eigenvalue weighted by molar-refractivity contribution is -0.137. The van der Waals surface area contributed by atoms with E-state index < -0.39 is 8.24 Å². The minimum atomic E-state index is -1.66. The van der Waals surface area contributed by atoms with Gasteiger partial charge in [0.1, 0.15) is 0 Å². The second kappa shape index (κ2) is 3.23. The number of hydrogen-bond donors (Lipinski definition) is 0. The highest BCUT2D eigenvalue weighted by atomic mass is 28.3. The van der Waals surface area contributed by atoms with Gasteiger partial charge in [0.25, 0.3) is 0 Å². The Labute approximate surface area is 88.1 Å². The van der Waals surface area contributed by atoms with Crippen molar-refractivity contribution in [3.63, 3.8) is 0 Å². The smallest absolute Gasteiger partial charge is 0.217 e. The van der Waals surface area contributed by atoms with E-state index in [0.717, 1.165) is 0 Å². The molecule has 1 aliphatic rings. The zero-order valence-electron chi connectivity index (χ0n) is 9.92. The predicted octanol–water partition coefficient (Wildman–Crippen LogP) is 2.78. The molecule has 0 aromatic carbocycles. The minimum absolute atomic E-state index is 0.227. The minimum Gasteiger partial charge on any atom is -0.363 e. The van der Waals surface area contributed by atoms with Gasteiger partial charge in [0.05, 0.1) is 6.04 Å². The Kier molecular flexibility index (Phi) is 2.65. The van der Waals surface area contributed by atoms with E-state index >= 15 is 0 Å². The molecule has 1 unspecified atom stereocenters. The Balaban J connectivity index is 2.92. The molecule has 1 saturated heterocycles. The van der Waals surface area contributed by atoms with Gasteiger partial charge in [-0.25, -0.2) is 0 Å². The monoisotopic (exact) mass is 211 g/mol. The molecule has 1 aliphatic heterocycles. The molecule has 0 aromatic rings. The van der Waals surface area contributed by atoms with Gasteiger partial charge in [-0.1, -0.05) is 39.9 Å². The van der Waals surface area contributed by atoms with Crippen molar-refractivity contribution in [2.45, 2.75) is 51.4 Å². The Morgan fingerprint density at radius 2 is 2.00 bits per heavy atom. The fourth-order valence-corrected chi connectivity index (χ4v) is 4.18. The third-order valence-electron chi connectivity index (χ3n) is 3.69. The summed E-state index contributed by atoms with van der Waals surface area (Å²) in [5.41, 5.74) is 0. The average Bonchev–Trinajstić information content (AvgIpc) is 1.96. The van der Waals surface area contributed by atoms with Crippen molar-refractivity contribution in [1.82, 2.24) is 4.57 Å². The molecule has 1 rings (SSSR count). The number of hydrogen-bond acceptors (Lipinski definition) is 1. The van der Waals surface area contributed by atoms with Crippen LogP contribution in [0.4, 0.5) is 0 Å². The van der Waals surface area contributed by atoms with Crippen molar-refractivity contribution in [3.05, 3.63) is 12.7 Å². The molecule has 14 heavy (non-hydrogen) atoms. The molecule has 0 aromatic heterocycles. The first kappa shape index (κ1) is 11.5. The molecule has 1 atom stereocenters. The van der Waals surface area contributed by atoms with Crippen LogP contribution in [0.5, 0.6) is 0 Å². The lowest BCUT2D eigenvalue weighted by atomic mass is 10.1. The van der Waals surface area contributed by atoms with Crippen molar-refractivity contribution in [2.24, 2.45) is 0 Å². The molecule has 0 saturated carbocycles. The summed E-state index contributed by atoms with van der Waals surface area (Å²) in [5.74, 6) is 0.307. The quantitative estimate of drug-likeness (QED) is 0.391. The van der Waals surface area contributed by atoms with Crippen LogP contribution >= 0.6 is 0 Å². The summed E-state index contributed by atoms with van der Waals surface area (Å²) in [6.45, 7) is 15.0. The Bertz CT molecular complexity index is 265. The highest BCUT2D eigenvalue weighted by Crippen LogP contribution is 2.42. The van der Waals surface area contributed by atoms with Gasteiger partial charge >= 0.3 is 0 Å². The van der Waals surface area contributed by atoms with E-state index in [2.05, 4.69) is 45.0 Å². The fraction of sp³-hybridized carbons (Fsp3) is 0.727. The van der Waals surface area contributed by atoms with Gasteiger partial charge in [0, 0.05) is 6.42 Å². The van der Waals surface area contributed by atoms with Crippen LogP contribution in [0.1, 0.15) is 27.2 Å². The van der Waals surface area contributed by atoms with Crippen LogP contribution in [0, 0.1) is 0 Å². The van der Waals surface area contributed by atoms with Crippen LogP contribution in [-0.4, -0.2) is 24.7 Å². The van der Waals surface area contributed by atoms with Crippen molar-refractivity contribution in [1.29, 1.82) is 0 Å². The standard InChI is InChI=1S/C11H21NOSi/c1-7-9-8-10(13)12(9)14(5,6)11(2,3)4/h7,9H,1,8H2,2-6H3. The number of carbonyl (C=O) groups excluding carboxylic acids is 1. The van der Waals surface area contributed by atoms with Crippen molar-refractivity contribution in [3.8, 4) is 0 Å². The highest BCUT2D eigenvalue weighted by molar-refractivity contribution is 6.80. The maximum Gasteiger partial charge on any atom is 0.217 e. The van der Waals surface area contributed by atoms with E-state index in [4.69, 9.17) is 0 Å². The summed E-state index contributed by atoms with van der Waals surface area (Å²) < 4.78 is 2.10. The molecule has 1 fully saturated rings. The molecular weight excluding hydrogens is 190 g/mol. The summed E-state index contributed by atoms with van der Waals surface area (Å²) in [4.78, 5) is 11.6. The first-order valence-corrected chi connectivity index (χ1v) is 8.11. The topological polar surface area (TPSA) is 20.3 Å². The maximum atomic E-state index is 11.6. The molecule has 0 spiro atoms. The number of β-lactam (4-membered cyclic amide) rings is 1. The van der Waals surface area contributed by atoms with Gasteiger partial charge in [-0.15, -0.1) is 6.58 Å². The SMILES string of the molecule is C=CC1CC(=O)N1[Si](C)(C)C(C)(C)C. The summed E-state index contributed by atoms with van der Waals surface area (Å²) in [6.07, 6.45) is 2.57. The van der Waals surface area contributed by atoms with Gasteiger partial charge in [0.15, 0.2) is 8.24 Å². The Hall–Kier alpha value is -0.573. The Morgan fingerprint density at radius 3 is 2.29 bits per heavy atom. The lowest BCUT2D eigenvalue weighted by Gasteiger charge is -2.54. The zero-order chi connectivity index (χ0) is 11.1. The molecular formula is C11H21NOSi. The molecule has 0 radical (unpaired) electrons. The number of carbonyl (C=O) groups is 1. The average molecular weight is 211 g/mol. The molecule has 0 N–H and O–H groups in total. The summed E-state index contributed by atoms with van der Waals surface area (Å²) in [7, 11) is -1.66. The largest absolute Gasteiger partial charge is 0.363 e. The predicted molar refractivity (Wildman–Crippen MR) is 62.6 cm³/mol. The molecule has 2 nitrogen and oxygen atoms in total. The van der Waals surface area contributed by atoms with Crippen molar-refractivity contribution < 1.29 is 4.79 Å². The van der Waals surface area contributed by atoms with Crippen LogP contribution in [0.2, 0.25) is 18.1 Å². The van der Waals surface area contributed by atoms with Gasteiger partial charge in [-0.05, 0) is 5.04 Å². The molecule has 1 heterocycles. The van der Waals surface area contributed by atoms with E-state index in [1.54, 1.807) is 0 Å². The van der Waals surface area contributed by atoms with E-state index in [1.165, 1.54) is 0 Å².